The Morgan fingerprint density at radius 2 is 1.62 bits per heavy atom. The van der Waals surface area contributed by atoms with Gasteiger partial charge in [0.25, 0.3) is 5.91 Å². The molecule has 272 valence electrons. The number of carbonyl (C=O) groups is 2. The van der Waals surface area contributed by atoms with E-state index in [0.29, 0.717) is 54.2 Å². The number of aliphatic hydroxyl groups excluding tert-OH is 3. The molecule has 50 heavy (non-hydrogen) atoms. The number of rotatable bonds is 12. The van der Waals surface area contributed by atoms with Crippen LogP contribution in [-0.2, 0) is 27.3 Å². The fourth-order valence-electron chi connectivity index (χ4n) is 6.50. The molecule has 3 aromatic carbocycles. The Kier molecular flexibility index (Phi) is 13.0. The molecule has 0 saturated carbocycles. The molecule has 0 aromatic heterocycles. The second kappa shape index (κ2) is 16.4. The minimum absolute atomic E-state index is 0.00306. The molecule has 2 atom stereocenters. The molecule has 0 radical (unpaired) electrons. The molecule has 1 amide bonds. The number of amides is 1. The molecule has 0 aliphatic carbocycles. The number of ether oxygens (including phenoxy) is 2. The molecule has 0 spiro atoms. The van der Waals surface area contributed by atoms with E-state index in [-0.39, 0.29) is 60.6 Å². The van der Waals surface area contributed by atoms with Crippen molar-refractivity contribution in [2.24, 2.45) is 5.92 Å². The van der Waals surface area contributed by atoms with E-state index in [1.54, 1.807) is 37.3 Å². The molecule has 2 aliphatic rings. The number of aliphatic hydroxyl groups is 4. The topological polar surface area (TPSA) is 185 Å². The summed E-state index contributed by atoms with van der Waals surface area (Å²) in [5, 5.41) is 47.7. The first kappa shape index (κ1) is 39.6. The number of nitrogens with zero attached hydrogens (tertiary/aromatic N) is 1. The summed E-state index contributed by atoms with van der Waals surface area (Å²) in [6.45, 7) is 3.55. The fraction of sp³-hybridized carbons (Fsp3) is 0.444. The predicted octanol–water partition coefficient (Wildman–Crippen LogP) is 3.69. The van der Waals surface area contributed by atoms with Crippen LogP contribution < -0.4 is 5.73 Å². The maximum absolute atomic E-state index is 16.6. The van der Waals surface area contributed by atoms with Crippen LogP contribution in [0.5, 0.6) is 0 Å². The van der Waals surface area contributed by atoms with Gasteiger partial charge < -0.3 is 40.7 Å². The van der Waals surface area contributed by atoms with Crippen LogP contribution in [0.3, 0.4) is 0 Å². The number of carboxylic acid groups (broad SMARTS) is 1. The highest BCUT2D eigenvalue weighted by atomic mass is 35.5. The van der Waals surface area contributed by atoms with E-state index in [1.165, 1.54) is 29.2 Å². The van der Waals surface area contributed by atoms with Crippen LogP contribution in [0, 0.1) is 11.7 Å². The quantitative estimate of drug-likeness (QED) is 0.161. The van der Waals surface area contributed by atoms with Crippen molar-refractivity contribution < 1.29 is 54.7 Å². The van der Waals surface area contributed by atoms with Crippen molar-refractivity contribution in [2.75, 3.05) is 39.6 Å². The number of quaternary nitrogens is 1. The molecular formula is C36H44Cl2FN2O9+. The molecule has 0 unspecified atom stereocenters. The van der Waals surface area contributed by atoms with E-state index in [1.807, 2.05) is 6.92 Å². The lowest BCUT2D eigenvalue weighted by molar-refractivity contribution is -0.494. The Morgan fingerprint density at radius 3 is 2.14 bits per heavy atom. The van der Waals surface area contributed by atoms with Crippen LogP contribution in [-0.4, -0.2) is 87.5 Å². The zero-order valence-electron chi connectivity index (χ0n) is 28.0. The van der Waals surface area contributed by atoms with E-state index >= 15 is 4.39 Å². The summed E-state index contributed by atoms with van der Waals surface area (Å²) >= 11 is 12.3. The molecule has 5 rings (SSSR count). The van der Waals surface area contributed by atoms with Gasteiger partial charge in [0.05, 0.1) is 28.8 Å². The highest BCUT2D eigenvalue weighted by molar-refractivity contribution is 6.31. The van der Waals surface area contributed by atoms with Gasteiger partial charge in [-0.25, -0.2) is 9.18 Å². The van der Waals surface area contributed by atoms with Crippen molar-refractivity contribution in [1.82, 2.24) is 4.90 Å². The third-order valence-corrected chi connectivity index (χ3v) is 9.93. The van der Waals surface area contributed by atoms with E-state index in [0.717, 1.165) is 0 Å². The molecule has 0 bridgehead atoms. The number of halogens is 3. The number of aromatic carboxylic acids is 1. The normalized spacial score (nSPS) is 19.1. The third-order valence-electron chi connectivity index (χ3n) is 9.45. The van der Waals surface area contributed by atoms with Crippen LogP contribution in [0.2, 0.25) is 10.0 Å². The Labute approximate surface area is 300 Å². The SMILES string of the molecule is CCO[C@]1(c2ccc(Cl)cc2)c2c(F)cc([C@](O)(CC)C3CCOCC3)cc2C(=O)N1Cc1ccc(Cl)cc1C(=O)O.[NH3+]C(CO)(CO)CO. The van der Waals surface area contributed by atoms with Gasteiger partial charge in [-0.05, 0) is 79.6 Å². The van der Waals surface area contributed by atoms with Crippen LogP contribution in [0.15, 0.2) is 54.6 Å². The van der Waals surface area contributed by atoms with Crippen LogP contribution >= 0.6 is 23.2 Å². The van der Waals surface area contributed by atoms with Gasteiger partial charge in [0.2, 0.25) is 0 Å². The molecule has 8 N–H and O–H groups in total. The second-order valence-corrected chi connectivity index (χ2v) is 13.5. The van der Waals surface area contributed by atoms with Crippen LogP contribution in [0.4, 0.5) is 4.39 Å². The number of hydrogen-bond acceptors (Lipinski definition) is 8. The van der Waals surface area contributed by atoms with Crippen molar-refractivity contribution >= 4 is 35.1 Å². The smallest absolute Gasteiger partial charge is 0.336 e. The predicted molar refractivity (Wildman–Crippen MR) is 183 cm³/mol. The highest BCUT2D eigenvalue weighted by Crippen LogP contribution is 2.50. The molecule has 3 aromatic rings. The standard InChI is InChI=1S/C32H32Cl2FNO6.C4H11NO3/c1-3-31(40,20-11-13-41-14-12-20)22-15-26-28(27(35)16-22)32(42-4-2,21-6-9-23(33)10-7-21)36(29(26)37)18-19-5-8-24(34)17-25(19)30(38)39;5-4(1-6,2-7)3-8/h5-10,15-17,20,40H,3-4,11-14,18H2,1-2H3,(H,38,39);6-8H,1-3,5H2/p+1/t31-,32+;/m0./s1. The zero-order chi connectivity index (χ0) is 36.9. The lowest BCUT2D eigenvalue weighted by Crippen LogP contribution is -2.78. The number of hydrogen-bond donors (Lipinski definition) is 6. The maximum atomic E-state index is 16.6. The second-order valence-electron chi connectivity index (χ2n) is 12.6. The molecule has 1 fully saturated rings. The Bertz CT molecular complexity index is 1660. The van der Waals surface area contributed by atoms with Gasteiger partial charge in [-0.15, -0.1) is 0 Å². The lowest BCUT2D eigenvalue weighted by Gasteiger charge is -2.40. The maximum Gasteiger partial charge on any atom is 0.336 e. The third kappa shape index (κ3) is 7.69. The van der Waals surface area contributed by atoms with E-state index in [2.05, 4.69) is 5.73 Å². The van der Waals surface area contributed by atoms with Gasteiger partial charge in [-0.1, -0.05) is 48.3 Å². The number of carbonyl (C=O) groups excluding carboxylic acids is 1. The van der Waals surface area contributed by atoms with Gasteiger partial charge >= 0.3 is 5.97 Å². The molecule has 14 heteroatoms. The zero-order valence-corrected chi connectivity index (χ0v) is 29.5. The Morgan fingerprint density at radius 1 is 1.02 bits per heavy atom. The first-order valence-electron chi connectivity index (χ1n) is 16.3. The van der Waals surface area contributed by atoms with Crippen LogP contribution in [0.1, 0.15) is 76.1 Å². The number of fused-ring (bicyclic) bond motifs is 1. The summed E-state index contributed by atoms with van der Waals surface area (Å²) in [4.78, 5) is 27.8. The summed E-state index contributed by atoms with van der Waals surface area (Å²) in [5.74, 6) is -2.68. The summed E-state index contributed by atoms with van der Waals surface area (Å²) in [6.07, 6.45) is 1.52. The summed E-state index contributed by atoms with van der Waals surface area (Å²) in [7, 11) is 0. The minimum atomic E-state index is -1.74. The number of carboxylic acids is 1. The van der Waals surface area contributed by atoms with Gasteiger partial charge in [0.1, 0.15) is 25.6 Å². The van der Waals surface area contributed by atoms with Crippen molar-refractivity contribution in [3.63, 3.8) is 0 Å². The monoisotopic (exact) mass is 737 g/mol. The highest BCUT2D eigenvalue weighted by Gasteiger charge is 2.55. The van der Waals surface area contributed by atoms with Crippen LogP contribution in [0.25, 0.3) is 0 Å². The Hall–Kier alpha value is -3.17. The van der Waals surface area contributed by atoms with Crippen molar-refractivity contribution in [3.05, 3.63) is 104 Å². The molecule has 2 heterocycles. The van der Waals surface area contributed by atoms with Crippen molar-refractivity contribution in [2.45, 2.75) is 56.5 Å². The first-order valence-corrected chi connectivity index (χ1v) is 17.1. The Balaban J connectivity index is 0.000000627. The lowest BCUT2D eigenvalue weighted by atomic mass is 9.74. The molecule has 2 aliphatic heterocycles. The summed E-state index contributed by atoms with van der Waals surface area (Å²) in [6, 6.07) is 13.8. The van der Waals surface area contributed by atoms with Gasteiger partial charge in [-0.2, -0.15) is 0 Å². The van der Waals surface area contributed by atoms with E-state index in [4.69, 9.17) is 48.0 Å². The molecule has 1 saturated heterocycles. The summed E-state index contributed by atoms with van der Waals surface area (Å²) < 4.78 is 28.4. The summed E-state index contributed by atoms with van der Waals surface area (Å²) in [5.41, 5.74) is 0.278. The van der Waals surface area contributed by atoms with Gasteiger partial charge in [-0.3, -0.25) is 9.69 Å². The average Bonchev–Trinajstić information content (AvgIpc) is 3.36. The fourth-order valence-corrected chi connectivity index (χ4v) is 6.80. The molecule has 11 nitrogen and oxygen atoms in total. The van der Waals surface area contributed by atoms with E-state index < -0.39 is 34.6 Å². The minimum Gasteiger partial charge on any atom is -0.478 e. The molecular weight excluding hydrogens is 694 g/mol. The van der Waals surface area contributed by atoms with Gasteiger partial charge in [0, 0.05) is 35.4 Å². The average molecular weight is 739 g/mol. The number of benzene rings is 3. The largest absolute Gasteiger partial charge is 0.478 e. The van der Waals surface area contributed by atoms with E-state index in [9.17, 15) is 19.8 Å². The van der Waals surface area contributed by atoms with Crippen molar-refractivity contribution in [1.29, 1.82) is 0 Å². The van der Waals surface area contributed by atoms with Gasteiger partial charge in [0.15, 0.2) is 11.3 Å². The van der Waals surface area contributed by atoms with Crippen molar-refractivity contribution in [3.8, 4) is 0 Å². The first-order chi connectivity index (χ1) is 23.7.